The molecule has 1 saturated heterocycles. The van der Waals surface area contributed by atoms with Crippen LogP contribution in [0.25, 0.3) is 0 Å². The summed E-state index contributed by atoms with van der Waals surface area (Å²) in [6.45, 7) is 6.60. The summed E-state index contributed by atoms with van der Waals surface area (Å²) in [6.07, 6.45) is 1.18. The zero-order chi connectivity index (χ0) is 13.1. The summed E-state index contributed by atoms with van der Waals surface area (Å²) in [5, 5.41) is 2.78. The topological polar surface area (TPSA) is 58.6 Å². The molecule has 5 heteroatoms. The Balaban J connectivity index is 2.58. The second-order valence-electron chi connectivity index (χ2n) is 4.95. The molecule has 0 radical (unpaired) electrons. The maximum absolute atomic E-state index is 12.1. The van der Waals surface area contributed by atoms with Gasteiger partial charge in [0.05, 0.1) is 6.10 Å². The molecule has 1 aliphatic heterocycles. The number of hydrogen-bond acceptors (Lipinski definition) is 3. The number of carbonyl (C=O) groups is 2. The van der Waals surface area contributed by atoms with Crippen LogP contribution in [0.15, 0.2) is 0 Å². The maximum atomic E-state index is 12.1. The second kappa shape index (κ2) is 5.49. The first-order valence-corrected chi connectivity index (χ1v) is 6.01. The zero-order valence-corrected chi connectivity index (χ0v) is 11.1. The van der Waals surface area contributed by atoms with Crippen LogP contribution in [0.4, 0.5) is 0 Å². The van der Waals surface area contributed by atoms with Gasteiger partial charge in [0.1, 0.15) is 5.54 Å². The van der Waals surface area contributed by atoms with Crippen LogP contribution in [0, 0.1) is 0 Å². The van der Waals surface area contributed by atoms with Crippen molar-refractivity contribution in [2.45, 2.75) is 45.3 Å². The highest BCUT2D eigenvalue weighted by Crippen LogP contribution is 2.19. The molecular weight excluding hydrogens is 220 g/mol. The SMILES string of the molecule is COC(C)CCC(=O)N1CCNC(=O)C1(C)C. The lowest BCUT2D eigenvalue weighted by Crippen LogP contribution is -2.63. The highest BCUT2D eigenvalue weighted by molar-refractivity contribution is 5.91. The molecule has 1 fully saturated rings. The third-order valence-electron chi connectivity index (χ3n) is 3.32. The highest BCUT2D eigenvalue weighted by Gasteiger charge is 2.39. The van der Waals surface area contributed by atoms with Crippen LogP contribution in [-0.4, -0.2) is 48.6 Å². The first-order chi connectivity index (χ1) is 7.89. The first kappa shape index (κ1) is 14.0. The van der Waals surface area contributed by atoms with Gasteiger partial charge in [-0.05, 0) is 27.2 Å². The van der Waals surface area contributed by atoms with E-state index in [1.54, 1.807) is 25.9 Å². The highest BCUT2D eigenvalue weighted by atomic mass is 16.5. The van der Waals surface area contributed by atoms with Crippen molar-refractivity contribution in [1.82, 2.24) is 10.2 Å². The van der Waals surface area contributed by atoms with E-state index in [4.69, 9.17) is 4.74 Å². The summed E-state index contributed by atoms with van der Waals surface area (Å²) >= 11 is 0. The van der Waals surface area contributed by atoms with Gasteiger partial charge in [0.2, 0.25) is 11.8 Å². The van der Waals surface area contributed by atoms with Gasteiger partial charge >= 0.3 is 0 Å². The largest absolute Gasteiger partial charge is 0.382 e. The Hall–Kier alpha value is -1.10. The molecule has 98 valence electrons. The number of nitrogens with one attached hydrogen (secondary N) is 1. The van der Waals surface area contributed by atoms with Crippen molar-refractivity contribution in [3.8, 4) is 0 Å². The molecule has 1 aliphatic rings. The molecule has 0 aliphatic carbocycles. The van der Waals surface area contributed by atoms with Gasteiger partial charge in [0.25, 0.3) is 0 Å². The third-order valence-corrected chi connectivity index (χ3v) is 3.32. The lowest BCUT2D eigenvalue weighted by molar-refractivity contribution is -0.149. The Labute approximate surface area is 102 Å². The van der Waals surface area contributed by atoms with Crippen LogP contribution < -0.4 is 5.32 Å². The van der Waals surface area contributed by atoms with E-state index in [0.29, 0.717) is 25.9 Å². The lowest BCUT2D eigenvalue weighted by Gasteiger charge is -2.41. The van der Waals surface area contributed by atoms with Crippen LogP contribution in [0.2, 0.25) is 0 Å². The minimum Gasteiger partial charge on any atom is -0.382 e. The van der Waals surface area contributed by atoms with Gasteiger partial charge in [-0.1, -0.05) is 0 Å². The van der Waals surface area contributed by atoms with Crippen LogP contribution in [0.3, 0.4) is 0 Å². The predicted molar refractivity (Wildman–Crippen MR) is 64.5 cm³/mol. The molecule has 5 nitrogen and oxygen atoms in total. The molecule has 0 aromatic heterocycles. The molecule has 0 aromatic carbocycles. The molecule has 0 bridgehead atoms. The first-order valence-electron chi connectivity index (χ1n) is 6.01. The molecule has 1 N–H and O–H groups in total. The van der Waals surface area contributed by atoms with Crippen molar-refractivity contribution in [3.05, 3.63) is 0 Å². The van der Waals surface area contributed by atoms with E-state index >= 15 is 0 Å². The summed E-state index contributed by atoms with van der Waals surface area (Å²) in [7, 11) is 1.63. The standard InChI is InChI=1S/C12H22N2O3/c1-9(17-4)5-6-10(15)14-8-7-13-11(16)12(14,2)3/h9H,5-8H2,1-4H3,(H,13,16). The molecular formula is C12H22N2O3. The number of methoxy groups -OCH3 is 1. The van der Waals surface area contributed by atoms with Crippen LogP contribution in [-0.2, 0) is 14.3 Å². The monoisotopic (exact) mass is 242 g/mol. The molecule has 0 aromatic rings. The van der Waals surface area contributed by atoms with E-state index < -0.39 is 5.54 Å². The minimum atomic E-state index is -0.744. The van der Waals surface area contributed by atoms with Gasteiger partial charge in [0, 0.05) is 26.6 Å². The quantitative estimate of drug-likeness (QED) is 0.782. The fourth-order valence-corrected chi connectivity index (χ4v) is 1.92. The molecule has 17 heavy (non-hydrogen) atoms. The number of nitrogens with zero attached hydrogens (tertiary/aromatic N) is 1. The fraction of sp³-hybridized carbons (Fsp3) is 0.833. The Morgan fingerprint density at radius 1 is 1.59 bits per heavy atom. The maximum Gasteiger partial charge on any atom is 0.245 e. The number of ether oxygens (including phenoxy) is 1. The van der Waals surface area contributed by atoms with Crippen molar-refractivity contribution < 1.29 is 14.3 Å². The number of amides is 2. The van der Waals surface area contributed by atoms with Gasteiger partial charge in [-0.2, -0.15) is 0 Å². The van der Waals surface area contributed by atoms with E-state index in [0.717, 1.165) is 0 Å². The third kappa shape index (κ3) is 3.19. The van der Waals surface area contributed by atoms with Gasteiger partial charge in [-0.25, -0.2) is 0 Å². The van der Waals surface area contributed by atoms with Crippen molar-refractivity contribution in [2.24, 2.45) is 0 Å². The van der Waals surface area contributed by atoms with E-state index in [-0.39, 0.29) is 17.9 Å². The average Bonchev–Trinajstić information content (AvgIpc) is 2.29. The molecule has 0 spiro atoms. The van der Waals surface area contributed by atoms with Crippen molar-refractivity contribution in [2.75, 3.05) is 20.2 Å². The zero-order valence-electron chi connectivity index (χ0n) is 11.1. The Morgan fingerprint density at radius 2 is 2.24 bits per heavy atom. The van der Waals surface area contributed by atoms with E-state index in [9.17, 15) is 9.59 Å². The fourth-order valence-electron chi connectivity index (χ4n) is 1.92. The smallest absolute Gasteiger partial charge is 0.245 e. The second-order valence-corrected chi connectivity index (χ2v) is 4.95. The van der Waals surface area contributed by atoms with Crippen molar-refractivity contribution >= 4 is 11.8 Å². The average molecular weight is 242 g/mol. The van der Waals surface area contributed by atoms with Gasteiger partial charge in [0.15, 0.2) is 0 Å². The summed E-state index contributed by atoms with van der Waals surface area (Å²) in [4.78, 5) is 25.4. The Bertz CT molecular complexity index is 302. The van der Waals surface area contributed by atoms with Crippen molar-refractivity contribution in [1.29, 1.82) is 0 Å². The van der Waals surface area contributed by atoms with Crippen LogP contribution in [0.1, 0.15) is 33.6 Å². The lowest BCUT2D eigenvalue weighted by atomic mass is 9.98. The van der Waals surface area contributed by atoms with Crippen LogP contribution >= 0.6 is 0 Å². The van der Waals surface area contributed by atoms with Gasteiger partial charge in [-0.3, -0.25) is 9.59 Å². The summed E-state index contributed by atoms with van der Waals surface area (Å²) in [5.41, 5.74) is -0.744. The van der Waals surface area contributed by atoms with E-state index in [1.165, 1.54) is 0 Å². The molecule has 1 heterocycles. The Morgan fingerprint density at radius 3 is 2.82 bits per heavy atom. The van der Waals surface area contributed by atoms with Gasteiger partial charge in [-0.15, -0.1) is 0 Å². The van der Waals surface area contributed by atoms with E-state index in [1.807, 2.05) is 6.92 Å². The molecule has 1 atom stereocenters. The summed E-state index contributed by atoms with van der Waals surface area (Å²) in [5.74, 6) is -0.0642. The number of hydrogen-bond donors (Lipinski definition) is 1. The molecule has 2 amide bonds. The molecule has 1 unspecified atom stereocenters. The van der Waals surface area contributed by atoms with Crippen LogP contribution in [0.5, 0.6) is 0 Å². The number of piperazine rings is 1. The number of carbonyl (C=O) groups excluding carboxylic acids is 2. The summed E-state index contributed by atoms with van der Waals surface area (Å²) < 4.78 is 5.11. The molecule has 0 saturated carbocycles. The molecule has 1 rings (SSSR count). The predicted octanol–water partition coefficient (Wildman–Crippen LogP) is 0.539. The summed E-state index contributed by atoms with van der Waals surface area (Å²) in [6, 6.07) is 0. The van der Waals surface area contributed by atoms with E-state index in [2.05, 4.69) is 5.32 Å². The number of rotatable bonds is 4. The normalized spacial score (nSPS) is 20.9. The Kier molecular flexibility index (Phi) is 4.51. The van der Waals surface area contributed by atoms with Crippen molar-refractivity contribution in [3.63, 3.8) is 0 Å². The minimum absolute atomic E-state index is 0.0220. The van der Waals surface area contributed by atoms with Gasteiger partial charge < -0.3 is 15.0 Å².